The van der Waals surface area contributed by atoms with Crippen LogP contribution >= 0.6 is 11.6 Å². The lowest BCUT2D eigenvalue weighted by atomic mass is 10.1. The van der Waals surface area contributed by atoms with Gasteiger partial charge in [-0.2, -0.15) is 13.2 Å². The second-order valence-electron chi connectivity index (χ2n) is 9.15. The molecule has 1 aromatic heterocycles. The highest BCUT2D eigenvalue weighted by Crippen LogP contribution is 2.36. The zero-order valence-electron chi connectivity index (χ0n) is 21.3. The molecule has 0 unspecified atom stereocenters. The fourth-order valence-corrected chi connectivity index (χ4v) is 4.46. The summed E-state index contributed by atoms with van der Waals surface area (Å²) in [6.45, 7) is 3.28. The topological polar surface area (TPSA) is 127 Å². The number of nitrogens with one attached hydrogen (secondary N) is 4. The van der Waals surface area contributed by atoms with E-state index in [0.29, 0.717) is 29.3 Å². The summed E-state index contributed by atoms with van der Waals surface area (Å²) in [5.41, 5.74) is 0.0898. The predicted molar refractivity (Wildman–Crippen MR) is 147 cm³/mol. The Balaban J connectivity index is 1.34. The molecule has 0 aliphatic carbocycles. The highest BCUT2D eigenvalue weighted by molar-refractivity contribution is 6.44. The van der Waals surface area contributed by atoms with Crippen LogP contribution in [0.2, 0.25) is 5.02 Å². The van der Waals surface area contributed by atoms with Gasteiger partial charge < -0.3 is 20.9 Å². The zero-order chi connectivity index (χ0) is 28.7. The average Bonchev–Trinajstić information content (AvgIpc) is 3.44. The third kappa shape index (κ3) is 7.78. The van der Waals surface area contributed by atoms with Crippen LogP contribution in [0.3, 0.4) is 0 Å². The number of rotatable bonds is 9. The van der Waals surface area contributed by atoms with Gasteiger partial charge in [0.05, 0.1) is 28.0 Å². The maximum absolute atomic E-state index is 13.1. The molecule has 40 heavy (non-hydrogen) atoms. The summed E-state index contributed by atoms with van der Waals surface area (Å²) in [5, 5.41) is 17.3. The number of alkyl halides is 3. The SMILES string of the molecule is N=C(C(=O)NCCN1CCCC1)c1ccccc1[NH2+]c1ccc(NC(=O)Nc2ccc(Cl)c(C(F)(F)F)c2)cn1. The van der Waals surface area contributed by atoms with Crippen LogP contribution in [0.25, 0.3) is 0 Å². The molecule has 1 aliphatic heterocycles. The van der Waals surface area contributed by atoms with E-state index in [1.54, 1.807) is 41.7 Å². The van der Waals surface area contributed by atoms with E-state index in [1.807, 2.05) is 0 Å². The van der Waals surface area contributed by atoms with Crippen LogP contribution in [0.5, 0.6) is 0 Å². The highest BCUT2D eigenvalue weighted by atomic mass is 35.5. The van der Waals surface area contributed by atoms with Crippen LogP contribution in [0.15, 0.2) is 60.8 Å². The van der Waals surface area contributed by atoms with E-state index >= 15 is 0 Å². The van der Waals surface area contributed by atoms with Gasteiger partial charge in [-0.05, 0) is 56.3 Å². The number of carbonyl (C=O) groups excluding carboxylic acids is 2. The lowest BCUT2D eigenvalue weighted by molar-refractivity contribution is -0.483. The number of amides is 3. The number of hydrogen-bond acceptors (Lipinski definition) is 5. The van der Waals surface area contributed by atoms with E-state index in [2.05, 4.69) is 25.8 Å². The van der Waals surface area contributed by atoms with Crippen molar-refractivity contribution in [1.29, 1.82) is 5.41 Å². The molecular weight excluding hydrogens is 547 g/mol. The zero-order valence-corrected chi connectivity index (χ0v) is 22.1. The molecule has 9 nitrogen and oxygen atoms in total. The summed E-state index contributed by atoms with van der Waals surface area (Å²) in [6, 6.07) is 12.5. The Morgan fingerprint density at radius 2 is 1.73 bits per heavy atom. The van der Waals surface area contributed by atoms with Crippen LogP contribution in [-0.2, 0) is 11.0 Å². The van der Waals surface area contributed by atoms with E-state index in [0.717, 1.165) is 31.8 Å². The first-order chi connectivity index (χ1) is 19.1. The van der Waals surface area contributed by atoms with Gasteiger partial charge >= 0.3 is 12.2 Å². The summed E-state index contributed by atoms with van der Waals surface area (Å²) >= 11 is 5.61. The van der Waals surface area contributed by atoms with Crippen molar-refractivity contribution >= 4 is 52.1 Å². The summed E-state index contributed by atoms with van der Waals surface area (Å²) in [7, 11) is 0. The smallest absolute Gasteiger partial charge is 0.349 e. The first-order valence-electron chi connectivity index (χ1n) is 12.5. The standard InChI is InChI=1S/C27H27ClF3N7O2/c28-21-9-7-17(15-20(21)27(29,30)31)35-26(40)36-18-8-10-23(34-16-18)37-22-6-2-1-5-19(22)24(32)25(39)33-11-14-38-12-3-4-13-38/h1-2,5-10,15-16,32H,3-4,11-14H2,(H,33,39)(H,34,37)(H2,35,36,40)/p+1. The molecule has 4 rings (SSSR count). The second-order valence-corrected chi connectivity index (χ2v) is 9.56. The van der Waals surface area contributed by atoms with Crippen LogP contribution in [0, 0.1) is 5.41 Å². The number of urea groups is 1. The van der Waals surface area contributed by atoms with Crippen molar-refractivity contribution in [2.45, 2.75) is 19.0 Å². The van der Waals surface area contributed by atoms with E-state index in [-0.39, 0.29) is 11.4 Å². The molecule has 2 heterocycles. The quantitative estimate of drug-likeness (QED) is 0.190. The average molecular weight is 575 g/mol. The second kappa shape index (κ2) is 12.9. The number of likely N-dealkylation sites (tertiary alicyclic amines) is 1. The Morgan fingerprint density at radius 1 is 1.02 bits per heavy atom. The predicted octanol–water partition coefficient (Wildman–Crippen LogP) is 4.50. The first kappa shape index (κ1) is 29.0. The van der Waals surface area contributed by atoms with Gasteiger partial charge in [-0.3, -0.25) is 15.5 Å². The number of nitrogens with two attached hydrogens (primary N) is 1. The molecule has 0 saturated carbocycles. The van der Waals surface area contributed by atoms with Crippen molar-refractivity contribution in [3.05, 3.63) is 76.9 Å². The molecule has 0 radical (unpaired) electrons. The number of halogens is 4. The third-order valence-electron chi connectivity index (χ3n) is 6.25. The molecule has 13 heteroatoms. The molecule has 1 saturated heterocycles. The van der Waals surface area contributed by atoms with Gasteiger partial charge in [0.15, 0.2) is 0 Å². The summed E-state index contributed by atoms with van der Waals surface area (Å²) in [6.07, 6.45) is -0.940. The minimum absolute atomic E-state index is 0.0775. The number of benzene rings is 2. The maximum atomic E-state index is 13.1. The van der Waals surface area contributed by atoms with Gasteiger partial charge in [-0.15, -0.1) is 0 Å². The highest BCUT2D eigenvalue weighted by Gasteiger charge is 2.33. The van der Waals surface area contributed by atoms with Gasteiger partial charge in [0.25, 0.3) is 5.91 Å². The molecule has 0 bridgehead atoms. The van der Waals surface area contributed by atoms with Crippen molar-refractivity contribution in [3.8, 4) is 0 Å². The number of para-hydroxylation sites is 1. The summed E-state index contributed by atoms with van der Waals surface area (Å²) < 4.78 is 39.2. The molecular formula is C27H28ClF3N7O2+. The Kier molecular flexibility index (Phi) is 9.35. The van der Waals surface area contributed by atoms with Crippen LogP contribution in [0.1, 0.15) is 24.0 Å². The van der Waals surface area contributed by atoms with E-state index in [1.165, 1.54) is 25.1 Å². The Morgan fingerprint density at radius 3 is 2.42 bits per heavy atom. The number of quaternary nitrogens is 1. The molecule has 1 aliphatic rings. The molecule has 3 amide bonds. The molecule has 0 atom stereocenters. The fourth-order valence-electron chi connectivity index (χ4n) is 4.23. The molecule has 0 spiro atoms. The normalized spacial score (nSPS) is 13.6. The molecule has 6 N–H and O–H groups in total. The summed E-state index contributed by atoms with van der Waals surface area (Å²) in [5.74, 6) is 0.0507. The molecule has 1 fully saturated rings. The lowest BCUT2D eigenvalue weighted by Gasteiger charge is -2.15. The first-order valence-corrected chi connectivity index (χ1v) is 12.9. The van der Waals surface area contributed by atoms with Crippen molar-refractivity contribution in [2.75, 3.05) is 36.8 Å². The van der Waals surface area contributed by atoms with Gasteiger partial charge in [-0.1, -0.05) is 23.7 Å². The van der Waals surface area contributed by atoms with Crippen LogP contribution in [-0.4, -0.2) is 53.7 Å². The lowest BCUT2D eigenvalue weighted by Crippen LogP contribution is -2.72. The van der Waals surface area contributed by atoms with Crippen molar-refractivity contribution in [3.63, 3.8) is 0 Å². The van der Waals surface area contributed by atoms with Crippen LogP contribution < -0.4 is 21.3 Å². The minimum Gasteiger partial charge on any atom is -0.349 e. The third-order valence-corrected chi connectivity index (χ3v) is 6.58. The summed E-state index contributed by atoms with van der Waals surface area (Å²) in [4.78, 5) is 31.5. The number of anilines is 2. The molecule has 210 valence electrons. The van der Waals surface area contributed by atoms with Gasteiger partial charge in [0.1, 0.15) is 11.4 Å². The van der Waals surface area contributed by atoms with Crippen molar-refractivity contribution in [2.24, 2.45) is 0 Å². The van der Waals surface area contributed by atoms with Crippen molar-refractivity contribution in [1.82, 2.24) is 15.2 Å². The maximum Gasteiger partial charge on any atom is 0.417 e. The Hall–Kier alpha value is -4.00. The Bertz CT molecular complexity index is 1380. The van der Waals surface area contributed by atoms with E-state index in [4.69, 9.17) is 17.0 Å². The van der Waals surface area contributed by atoms with Gasteiger partial charge in [-0.25, -0.2) is 9.78 Å². The monoisotopic (exact) mass is 574 g/mol. The number of nitrogens with zero attached hydrogens (tertiary/aromatic N) is 2. The largest absolute Gasteiger partial charge is 0.417 e. The van der Waals surface area contributed by atoms with Crippen molar-refractivity contribution < 1.29 is 28.1 Å². The Labute approximate surface area is 233 Å². The van der Waals surface area contributed by atoms with E-state index < -0.39 is 28.7 Å². The number of hydrogen-bond donors (Lipinski definition) is 5. The van der Waals surface area contributed by atoms with Crippen LogP contribution in [0.4, 0.5) is 40.8 Å². The number of pyridine rings is 1. The fraction of sp³-hybridized carbons (Fsp3) is 0.259. The minimum atomic E-state index is -4.66. The molecule has 2 aromatic carbocycles. The number of carbonyl (C=O) groups is 2. The van der Waals surface area contributed by atoms with Gasteiger partial charge in [0, 0.05) is 30.9 Å². The van der Waals surface area contributed by atoms with Gasteiger partial charge in [0.2, 0.25) is 5.82 Å². The van der Waals surface area contributed by atoms with E-state index in [9.17, 15) is 22.8 Å². The number of aromatic nitrogens is 1. The molecule has 3 aromatic rings.